The average molecular weight is 190 g/mol. The molecule has 0 aliphatic rings. The average Bonchev–Trinajstić information content (AvgIpc) is 2.47. The van der Waals surface area contributed by atoms with E-state index in [1.54, 1.807) is 11.3 Å². The van der Waals surface area contributed by atoms with E-state index in [1.165, 1.54) is 0 Å². The number of aromatic nitrogens is 1. The Morgan fingerprint density at radius 3 is 2.46 bits per heavy atom. The molecule has 0 aliphatic carbocycles. The first-order valence-corrected chi connectivity index (χ1v) is 4.87. The van der Waals surface area contributed by atoms with Crippen LogP contribution in [0.4, 0.5) is 5.82 Å². The zero-order valence-corrected chi connectivity index (χ0v) is 8.14. The van der Waals surface area contributed by atoms with Gasteiger partial charge in [0.15, 0.2) is 0 Å². The second kappa shape index (κ2) is 3.18. The van der Waals surface area contributed by atoms with E-state index >= 15 is 0 Å². The lowest BCUT2D eigenvalue weighted by Gasteiger charge is -1.95. The molecule has 0 bridgehead atoms. The van der Waals surface area contributed by atoms with Crippen molar-refractivity contribution in [2.75, 3.05) is 5.73 Å². The van der Waals surface area contributed by atoms with Crippen molar-refractivity contribution < 1.29 is 0 Å². The van der Waals surface area contributed by atoms with Gasteiger partial charge in [0.25, 0.3) is 0 Å². The SMILES string of the molecule is Cc1nc(N)c(-c2ccccc2)s1. The zero-order chi connectivity index (χ0) is 9.26. The molecule has 2 aromatic rings. The van der Waals surface area contributed by atoms with Crippen LogP contribution in [0.15, 0.2) is 30.3 Å². The quantitative estimate of drug-likeness (QED) is 0.751. The highest BCUT2D eigenvalue weighted by molar-refractivity contribution is 7.15. The third kappa shape index (κ3) is 1.55. The maximum absolute atomic E-state index is 5.77. The number of nitrogen functional groups attached to an aromatic ring is 1. The lowest BCUT2D eigenvalue weighted by Crippen LogP contribution is -1.86. The molecule has 13 heavy (non-hydrogen) atoms. The number of aryl methyl sites for hydroxylation is 1. The fraction of sp³-hybridized carbons (Fsp3) is 0.100. The molecule has 66 valence electrons. The summed E-state index contributed by atoms with van der Waals surface area (Å²) >= 11 is 1.63. The summed E-state index contributed by atoms with van der Waals surface area (Å²) in [6, 6.07) is 10.1. The van der Waals surface area contributed by atoms with Gasteiger partial charge in [-0.3, -0.25) is 0 Å². The normalized spacial score (nSPS) is 10.2. The lowest BCUT2D eigenvalue weighted by molar-refractivity contribution is 1.31. The van der Waals surface area contributed by atoms with Crippen LogP contribution in [0.2, 0.25) is 0 Å². The number of anilines is 1. The Morgan fingerprint density at radius 2 is 1.92 bits per heavy atom. The summed E-state index contributed by atoms with van der Waals surface area (Å²) < 4.78 is 0. The summed E-state index contributed by atoms with van der Waals surface area (Å²) in [7, 11) is 0. The number of benzene rings is 1. The van der Waals surface area contributed by atoms with Crippen molar-refractivity contribution in [3.63, 3.8) is 0 Å². The van der Waals surface area contributed by atoms with Gasteiger partial charge in [-0.1, -0.05) is 30.3 Å². The highest BCUT2D eigenvalue weighted by Gasteiger charge is 2.06. The van der Waals surface area contributed by atoms with Crippen molar-refractivity contribution in [1.29, 1.82) is 0 Å². The largest absolute Gasteiger partial charge is 0.382 e. The van der Waals surface area contributed by atoms with E-state index in [1.807, 2.05) is 37.3 Å². The minimum atomic E-state index is 0.633. The van der Waals surface area contributed by atoms with Crippen LogP contribution < -0.4 is 5.73 Å². The first-order chi connectivity index (χ1) is 6.27. The van der Waals surface area contributed by atoms with Crippen LogP contribution in [0, 0.1) is 6.92 Å². The third-order valence-electron chi connectivity index (χ3n) is 1.80. The Balaban J connectivity index is 2.53. The number of hydrogen-bond acceptors (Lipinski definition) is 3. The lowest BCUT2D eigenvalue weighted by atomic mass is 10.2. The van der Waals surface area contributed by atoms with Gasteiger partial charge in [-0.05, 0) is 12.5 Å². The van der Waals surface area contributed by atoms with E-state index in [-0.39, 0.29) is 0 Å². The van der Waals surface area contributed by atoms with E-state index in [0.29, 0.717) is 5.82 Å². The van der Waals surface area contributed by atoms with Gasteiger partial charge in [-0.15, -0.1) is 11.3 Å². The number of hydrogen-bond donors (Lipinski definition) is 1. The van der Waals surface area contributed by atoms with E-state index in [9.17, 15) is 0 Å². The van der Waals surface area contributed by atoms with Crippen molar-refractivity contribution in [2.24, 2.45) is 0 Å². The summed E-state index contributed by atoms with van der Waals surface area (Å²) in [5.41, 5.74) is 6.92. The van der Waals surface area contributed by atoms with E-state index < -0.39 is 0 Å². The van der Waals surface area contributed by atoms with Crippen molar-refractivity contribution in [3.8, 4) is 10.4 Å². The molecule has 2 N–H and O–H groups in total. The first-order valence-electron chi connectivity index (χ1n) is 4.05. The smallest absolute Gasteiger partial charge is 0.142 e. The Hall–Kier alpha value is -1.35. The maximum Gasteiger partial charge on any atom is 0.142 e. The summed E-state index contributed by atoms with van der Waals surface area (Å²) in [6.45, 7) is 1.97. The van der Waals surface area contributed by atoms with Gasteiger partial charge in [0.05, 0.1) is 9.88 Å². The monoisotopic (exact) mass is 190 g/mol. The molecular formula is C10H10N2S. The van der Waals surface area contributed by atoms with Crippen LogP contribution in [0.1, 0.15) is 5.01 Å². The van der Waals surface area contributed by atoms with E-state index in [0.717, 1.165) is 15.4 Å². The molecule has 0 aliphatic heterocycles. The summed E-state index contributed by atoms with van der Waals surface area (Å²) in [6.07, 6.45) is 0. The zero-order valence-electron chi connectivity index (χ0n) is 7.32. The number of nitrogens with two attached hydrogens (primary N) is 1. The molecule has 0 unspecified atom stereocenters. The van der Waals surface area contributed by atoms with Crippen molar-refractivity contribution in [1.82, 2.24) is 4.98 Å². The molecule has 0 spiro atoms. The molecule has 2 nitrogen and oxygen atoms in total. The molecule has 1 aromatic carbocycles. The molecule has 0 atom stereocenters. The van der Waals surface area contributed by atoms with Gasteiger partial charge in [0.2, 0.25) is 0 Å². The van der Waals surface area contributed by atoms with Gasteiger partial charge in [0, 0.05) is 0 Å². The minimum Gasteiger partial charge on any atom is -0.382 e. The molecule has 3 heteroatoms. The van der Waals surface area contributed by atoms with Crippen molar-refractivity contribution in [2.45, 2.75) is 6.92 Å². The Labute approximate surface area is 81.1 Å². The highest BCUT2D eigenvalue weighted by Crippen LogP contribution is 2.31. The Morgan fingerprint density at radius 1 is 1.23 bits per heavy atom. The minimum absolute atomic E-state index is 0.633. The molecule has 0 fully saturated rings. The van der Waals surface area contributed by atoms with Crippen LogP contribution in [-0.2, 0) is 0 Å². The topological polar surface area (TPSA) is 38.9 Å². The van der Waals surface area contributed by atoms with Crippen molar-refractivity contribution >= 4 is 17.2 Å². The molecule has 2 rings (SSSR count). The number of rotatable bonds is 1. The third-order valence-corrected chi connectivity index (χ3v) is 2.83. The standard InChI is InChI=1S/C10H10N2S/c1-7-12-10(11)9(13-7)8-5-3-2-4-6-8/h2-6H,11H2,1H3. The van der Waals surface area contributed by atoms with Gasteiger partial charge in [-0.25, -0.2) is 4.98 Å². The summed E-state index contributed by atoms with van der Waals surface area (Å²) in [5, 5.41) is 1.01. The molecule has 0 saturated heterocycles. The second-order valence-corrected chi connectivity index (χ2v) is 4.02. The molecule has 0 amide bonds. The Bertz CT molecular complexity index is 406. The highest BCUT2D eigenvalue weighted by atomic mass is 32.1. The molecule has 1 heterocycles. The van der Waals surface area contributed by atoms with Gasteiger partial charge in [0.1, 0.15) is 5.82 Å². The van der Waals surface area contributed by atoms with E-state index in [2.05, 4.69) is 4.98 Å². The van der Waals surface area contributed by atoms with Crippen LogP contribution in [0.3, 0.4) is 0 Å². The van der Waals surface area contributed by atoms with Crippen molar-refractivity contribution in [3.05, 3.63) is 35.3 Å². The molecule has 1 aromatic heterocycles. The van der Waals surface area contributed by atoms with Gasteiger partial charge < -0.3 is 5.73 Å². The molecular weight excluding hydrogens is 180 g/mol. The molecule has 0 saturated carbocycles. The van der Waals surface area contributed by atoms with Crippen LogP contribution >= 0.6 is 11.3 Å². The number of nitrogens with zero attached hydrogens (tertiary/aromatic N) is 1. The summed E-state index contributed by atoms with van der Waals surface area (Å²) in [4.78, 5) is 5.25. The summed E-state index contributed by atoms with van der Waals surface area (Å²) in [5.74, 6) is 0.633. The second-order valence-electron chi connectivity index (χ2n) is 2.81. The van der Waals surface area contributed by atoms with Gasteiger partial charge in [-0.2, -0.15) is 0 Å². The maximum atomic E-state index is 5.77. The van der Waals surface area contributed by atoms with Gasteiger partial charge >= 0.3 is 0 Å². The fourth-order valence-corrected chi connectivity index (χ4v) is 2.08. The van der Waals surface area contributed by atoms with Crippen LogP contribution in [0.25, 0.3) is 10.4 Å². The predicted molar refractivity (Wildman–Crippen MR) is 56.7 cm³/mol. The predicted octanol–water partition coefficient (Wildman–Crippen LogP) is 2.70. The number of thiazole rings is 1. The van der Waals surface area contributed by atoms with Crippen LogP contribution in [0.5, 0.6) is 0 Å². The Kier molecular flexibility index (Phi) is 2.02. The van der Waals surface area contributed by atoms with E-state index in [4.69, 9.17) is 5.73 Å². The first kappa shape index (κ1) is 8.26. The fourth-order valence-electron chi connectivity index (χ4n) is 1.24. The van der Waals surface area contributed by atoms with Crippen LogP contribution in [-0.4, -0.2) is 4.98 Å². The molecule has 0 radical (unpaired) electrons.